The minimum absolute atomic E-state index is 0.0252. The molecule has 0 aromatic heterocycles. The summed E-state index contributed by atoms with van der Waals surface area (Å²) in [5.41, 5.74) is -0.0719. The van der Waals surface area contributed by atoms with E-state index in [-0.39, 0.29) is 11.5 Å². The second-order valence-electron chi connectivity index (χ2n) is 12.8. The Labute approximate surface area is 180 Å². The van der Waals surface area contributed by atoms with Crippen LogP contribution in [0.1, 0.15) is 112 Å². The van der Waals surface area contributed by atoms with E-state index >= 15 is 0 Å². The van der Waals surface area contributed by atoms with Crippen LogP contribution >= 0.6 is 0 Å². The Bertz CT molecular complexity index is 587. The van der Waals surface area contributed by atoms with Gasteiger partial charge in [-0.15, -0.1) is 0 Å². The van der Waals surface area contributed by atoms with Gasteiger partial charge >= 0.3 is 0 Å². The van der Waals surface area contributed by atoms with Crippen LogP contribution in [0.5, 0.6) is 0 Å². The third-order valence-corrected chi connectivity index (χ3v) is 11.0. The van der Waals surface area contributed by atoms with Crippen molar-refractivity contribution < 1.29 is 10.2 Å². The van der Waals surface area contributed by atoms with Crippen molar-refractivity contribution in [3.63, 3.8) is 0 Å². The Hall–Kier alpha value is -0.0800. The molecule has 4 aliphatic rings. The smallest absolute Gasteiger partial charge is 0.0728 e. The number of aliphatic hydroxyl groups excluding tert-OH is 1. The van der Waals surface area contributed by atoms with Crippen LogP contribution in [-0.4, -0.2) is 21.9 Å². The molecule has 2 N–H and O–H groups in total. The maximum absolute atomic E-state index is 11.6. The quantitative estimate of drug-likeness (QED) is 0.543. The van der Waals surface area contributed by atoms with E-state index in [4.69, 9.17) is 0 Å². The van der Waals surface area contributed by atoms with Gasteiger partial charge in [0.1, 0.15) is 0 Å². The highest BCUT2D eigenvalue weighted by atomic mass is 16.3. The molecule has 168 valence electrons. The number of fused-ring (bicyclic) bond motifs is 5. The van der Waals surface area contributed by atoms with Gasteiger partial charge in [-0.25, -0.2) is 0 Å². The third-order valence-electron chi connectivity index (χ3n) is 11.0. The van der Waals surface area contributed by atoms with E-state index in [1.165, 1.54) is 51.4 Å². The SMILES string of the molecule is CC(C)CCCC(C)C1CCC2C3CCC4(O)C[C@@H](O)CCC4(C)C3CCC12C. The van der Waals surface area contributed by atoms with Crippen molar-refractivity contribution in [2.75, 3.05) is 0 Å². The molecule has 0 spiro atoms. The molecular formula is C27H48O2. The van der Waals surface area contributed by atoms with Gasteiger partial charge in [0, 0.05) is 6.42 Å². The number of aliphatic hydroxyl groups is 2. The van der Waals surface area contributed by atoms with Gasteiger partial charge in [0.2, 0.25) is 0 Å². The van der Waals surface area contributed by atoms with Crippen molar-refractivity contribution in [2.45, 2.75) is 123 Å². The normalized spacial score (nSPS) is 50.7. The molecule has 4 rings (SSSR count). The predicted molar refractivity (Wildman–Crippen MR) is 121 cm³/mol. The number of rotatable bonds is 5. The van der Waals surface area contributed by atoms with Gasteiger partial charge in [0.25, 0.3) is 0 Å². The van der Waals surface area contributed by atoms with E-state index in [1.54, 1.807) is 0 Å². The zero-order chi connectivity index (χ0) is 21.0. The monoisotopic (exact) mass is 404 g/mol. The lowest BCUT2D eigenvalue weighted by molar-refractivity contribution is -0.220. The van der Waals surface area contributed by atoms with Gasteiger partial charge in [0.05, 0.1) is 11.7 Å². The molecule has 4 saturated carbocycles. The number of hydrogen-bond acceptors (Lipinski definition) is 2. The fraction of sp³-hybridized carbons (Fsp3) is 1.00. The van der Waals surface area contributed by atoms with Crippen LogP contribution in [0, 0.1) is 46.3 Å². The first kappa shape index (κ1) is 22.1. The van der Waals surface area contributed by atoms with Crippen molar-refractivity contribution in [2.24, 2.45) is 46.3 Å². The molecule has 0 aromatic carbocycles. The fourth-order valence-corrected chi connectivity index (χ4v) is 9.25. The van der Waals surface area contributed by atoms with Crippen LogP contribution in [-0.2, 0) is 0 Å². The third kappa shape index (κ3) is 3.53. The van der Waals surface area contributed by atoms with E-state index in [9.17, 15) is 10.2 Å². The Morgan fingerprint density at radius 2 is 1.62 bits per heavy atom. The van der Waals surface area contributed by atoms with Crippen molar-refractivity contribution >= 4 is 0 Å². The standard InChI is InChI=1S/C27H48O2/c1-18(2)7-6-8-19(3)22-9-10-23-21-12-16-27(29)17-20(28)11-15-26(27,5)24(21)13-14-25(22,23)4/h18-24,28-29H,6-17H2,1-5H3/t19?,20-,21?,22?,23?,24?,25?,26?,27?/m0/s1. The average molecular weight is 405 g/mol. The minimum atomic E-state index is -0.623. The van der Waals surface area contributed by atoms with E-state index in [1.807, 2.05) is 0 Å². The molecule has 9 atom stereocenters. The summed E-state index contributed by atoms with van der Waals surface area (Å²) in [6.45, 7) is 12.3. The molecule has 0 aromatic rings. The Balaban J connectivity index is 1.49. The second kappa shape index (κ2) is 7.80. The lowest BCUT2D eigenvalue weighted by Gasteiger charge is -2.64. The summed E-state index contributed by atoms with van der Waals surface area (Å²) in [5, 5.41) is 21.8. The molecule has 4 fully saturated rings. The molecule has 29 heavy (non-hydrogen) atoms. The zero-order valence-corrected chi connectivity index (χ0v) is 19.9. The highest BCUT2D eigenvalue weighted by Crippen LogP contribution is 2.69. The van der Waals surface area contributed by atoms with Crippen LogP contribution in [0.3, 0.4) is 0 Å². The van der Waals surface area contributed by atoms with Gasteiger partial charge in [0.15, 0.2) is 0 Å². The summed E-state index contributed by atoms with van der Waals surface area (Å²) in [6.07, 6.45) is 14.1. The van der Waals surface area contributed by atoms with Gasteiger partial charge in [-0.2, -0.15) is 0 Å². The highest BCUT2D eigenvalue weighted by molar-refractivity contribution is 5.14. The molecule has 8 unspecified atom stereocenters. The van der Waals surface area contributed by atoms with Gasteiger partial charge < -0.3 is 10.2 Å². The van der Waals surface area contributed by atoms with Crippen molar-refractivity contribution in [3.05, 3.63) is 0 Å². The molecule has 0 aliphatic heterocycles. The Kier molecular flexibility index (Phi) is 5.95. The molecule has 0 radical (unpaired) electrons. The van der Waals surface area contributed by atoms with Crippen LogP contribution < -0.4 is 0 Å². The summed E-state index contributed by atoms with van der Waals surface area (Å²) in [6, 6.07) is 0. The predicted octanol–water partition coefficient (Wildman–Crippen LogP) is 6.58. The van der Waals surface area contributed by atoms with E-state index in [0.29, 0.717) is 17.8 Å². The molecular weight excluding hydrogens is 356 g/mol. The molecule has 0 amide bonds. The maximum atomic E-state index is 11.6. The van der Waals surface area contributed by atoms with Crippen molar-refractivity contribution in [1.29, 1.82) is 0 Å². The molecule has 0 saturated heterocycles. The van der Waals surface area contributed by atoms with Gasteiger partial charge in [-0.3, -0.25) is 0 Å². The summed E-state index contributed by atoms with van der Waals surface area (Å²) in [4.78, 5) is 0. The molecule has 0 bridgehead atoms. The zero-order valence-electron chi connectivity index (χ0n) is 19.9. The first-order chi connectivity index (χ1) is 13.6. The van der Waals surface area contributed by atoms with Gasteiger partial charge in [-0.1, -0.05) is 53.9 Å². The largest absolute Gasteiger partial charge is 0.393 e. The van der Waals surface area contributed by atoms with Crippen molar-refractivity contribution in [1.82, 2.24) is 0 Å². The summed E-state index contributed by atoms with van der Waals surface area (Å²) < 4.78 is 0. The van der Waals surface area contributed by atoms with Crippen molar-refractivity contribution in [3.8, 4) is 0 Å². The summed E-state index contributed by atoms with van der Waals surface area (Å²) in [7, 11) is 0. The van der Waals surface area contributed by atoms with Gasteiger partial charge in [-0.05, 0) is 97.7 Å². The highest BCUT2D eigenvalue weighted by Gasteiger charge is 2.64. The van der Waals surface area contributed by atoms with Crippen LogP contribution in [0.15, 0.2) is 0 Å². The maximum Gasteiger partial charge on any atom is 0.0728 e. The van der Waals surface area contributed by atoms with Crippen LogP contribution in [0.4, 0.5) is 0 Å². The summed E-state index contributed by atoms with van der Waals surface area (Å²) in [5.74, 6) is 4.94. The number of hydrogen-bond donors (Lipinski definition) is 2. The average Bonchev–Trinajstić information content (AvgIpc) is 2.99. The summed E-state index contributed by atoms with van der Waals surface area (Å²) >= 11 is 0. The minimum Gasteiger partial charge on any atom is -0.393 e. The lowest BCUT2D eigenvalue weighted by Crippen LogP contribution is -2.62. The molecule has 0 heterocycles. The first-order valence-electron chi connectivity index (χ1n) is 13.0. The Morgan fingerprint density at radius 1 is 0.862 bits per heavy atom. The topological polar surface area (TPSA) is 40.5 Å². The Morgan fingerprint density at radius 3 is 2.34 bits per heavy atom. The molecule has 2 nitrogen and oxygen atoms in total. The van der Waals surface area contributed by atoms with E-state index in [0.717, 1.165) is 48.9 Å². The fourth-order valence-electron chi connectivity index (χ4n) is 9.25. The van der Waals surface area contributed by atoms with E-state index in [2.05, 4.69) is 34.6 Å². The molecule has 4 aliphatic carbocycles. The van der Waals surface area contributed by atoms with Crippen LogP contribution in [0.2, 0.25) is 0 Å². The second-order valence-corrected chi connectivity index (χ2v) is 12.8. The first-order valence-corrected chi connectivity index (χ1v) is 13.0. The van der Waals surface area contributed by atoms with E-state index < -0.39 is 5.60 Å². The van der Waals surface area contributed by atoms with Crippen LogP contribution in [0.25, 0.3) is 0 Å². The molecule has 2 heteroatoms. The lowest BCUT2D eigenvalue weighted by atomic mass is 9.43.